The predicted octanol–water partition coefficient (Wildman–Crippen LogP) is 4.74. The minimum absolute atomic E-state index is 0.149. The number of rotatable bonds is 9. The summed E-state index contributed by atoms with van der Waals surface area (Å²) >= 11 is 0. The van der Waals surface area contributed by atoms with Crippen molar-refractivity contribution in [3.63, 3.8) is 0 Å². The van der Waals surface area contributed by atoms with E-state index in [2.05, 4.69) is 5.32 Å². The number of ketones is 1. The van der Waals surface area contributed by atoms with Gasteiger partial charge in [0.1, 0.15) is 19.1 Å². The second-order valence-corrected chi connectivity index (χ2v) is 9.98. The van der Waals surface area contributed by atoms with Crippen molar-refractivity contribution in [2.75, 3.05) is 31.5 Å². The molecule has 0 saturated carbocycles. The largest absolute Gasteiger partial charge is 0.455 e. The van der Waals surface area contributed by atoms with E-state index in [0.717, 1.165) is 53.8 Å². The Morgan fingerprint density at radius 1 is 0.857 bits per heavy atom. The predicted molar refractivity (Wildman–Crippen MR) is 137 cm³/mol. The first-order chi connectivity index (χ1) is 17.1. The van der Waals surface area contributed by atoms with Crippen LogP contribution in [0.4, 0.5) is 5.69 Å². The van der Waals surface area contributed by atoms with Gasteiger partial charge >= 0.3 is 5.97 Å². The lowest BCUT2D eigenvalue weighted by molar-refractivity contribution is -0.938. The van der Waals surface area contributed by atoms with Gasteiger partial charge in [-0.15, -0.1) is 0 Å². The van der Waals surface area contributed by atoms with E-state index in [-0.39, 0.29) is 17.9 Å². The number of Topliss-reactive ketones (excluding diaryl/α,β-unsaturated/α-hetero) is 1. The van der Waals surface area contributed by atoms with Gasteiger partial charge in [0.15, 0.2) is 6.10 Å². The zero-order valence-corrected chi connectivity index (χ0v) is 20.0. The number of hydrogen-bond acceptors (Lipinski definition) is 4. The van der Waals surface area contributed by atoms with Crippen LogP contribution in [0.5, 0.6) is 0 Å². The van der Waals surface area contributed by atoms with E-state index in [1.54, 1.807) is 0 Å². The molecule has 0 spiro atoms. The molecule has 2 bridgehead atoms. The fraction of sp³-hybridized carbons (Fsp3) is 0.333. The molecule has 5 heteroatoms. The van der Waals surface area contributed by atoms with Crippen LogP contribution in [0.25, 0.3) is 0 Å². The molecule has 3 aliphatic heterocycles. The van der Waals surface area contributed by atoms with Crippen LogP contribution < -0.4 is 5.32 Å². The second-order valence-electron chi connectivity index (χ2n) is 9.98. The molecule has 1 N–H and O–H groups in total. The Bertz CT molecular complexity index is 1080. The number of nitrogens with one attached hydrogen (secondary N) is 1. The molecule has 0 aliphatic carbocycles. The first-order valence-electron chi connectivity index (χ1n) is 12.6. The number of nitrogens with zero attached hydrogens (tertiary/aromatic N) is 1. The molecule has 0 radical (unpaired) electrons. The number of ether oxygens (including phenoxy) is 1. The molecule has 5 nitrogen and oxygen atoms in total. The van der Waals surface area contributed by atoms with Crippen LogP contribution in [-0.2, 0) is 16.0 Å². The molecule has 180 valence electrons. The van der Waals surface area contributed by atoms with Gasteiger partial charge in [-0.3, -0.25) is 4.79 Å². The minimum atomic E-state index is -0.477. The third-order valence-corrected chi connectivity index (χ3v) is 7.57. The van der Waals surface area contributed by atoms with Gasteiger partial charge in [-0.05, 0) is 17.7 Å². The maximum Gasteiger partial charge on any atom is 0.329 e. The summed E-state index contributed by atoms with van der Waals surface area (Å²) in [4.78, 5) is 26.5. The summed E-state index contributed by atoms with van der Waals surface area (Å²) in [5, 5.41) is 3.39. The number of para-hydroxylation sites is 1. The monoisotopic (exact) mass is 469 g/mol. The van der Waals surface area contributed by atoms with Crippen molar-refractivity contribution in [1.29, 1.82) is 0 Å². The van der Waals surface area contributed by atoms with Gasteiger partial charge in [-0.2, -0.15) is 0 Å². The fourth-order valence-electron chi connectivity index (χ4n) is 5.61. The van der Waals surface area contributed by atoms with Crippen molar-refractivity contribution in [2.45, 2.75) is 31.4 Å². The summed E-state index contributed by atoms with van der Waals surface area (Å²) in [6.07, 6.45) is 2.40. The third kappa shape index (κ3) is 5.63. The van der Waals surface area contributed by atoms with Crippen LogP contribution in [0.1, 0.15) is 28.8 Å². The van der Waals surface area contributed by atoms with Crippen molar-refractivity contribution in [3.05, 3.63) is 102 Å². The molecule has 35 heavy (non-hydrogen) atoms. The number of esters is 1. The number of anilines is 1. The van der Waals surface area contributed by atoms with Gasteiger partial charge in [0, 0.05) is 36.4 Å². The smallest absolute Gasteiger partial charge is 0.329 e. The molecule has 0 amide bonds. The number of benzene rings is 3. The SMILES string of the molecule is O=C(C[N+]12CCC(CC1)[C@@H](OC(=O)[C@@H](Cc1ccccc1)Nc1ccccc1)C2)c1ccccc1. The van der Waals surface area contributed by atoms with E-state index in [4.69, 9.17) is 4.74 Å². The highest BCUT2D eigenvalue weighted by Gasteiger charge is 2.48. The molecular formula is C30H33N2O3+. The van der Waals surface area contributed by atoms with Crippen LogP contribution in [0.3, 0.4) is 0 Å². The van der Waals surface area contributed by atoms with Crippen LogP contribution in [0.2, 0.25) is 0 Å². The number of piperidine rings is 3. The Morgan fingerprint density at radius 3 is 2.11 bits per heavy atom. The summed E-state index contributed by atoms with van der Waals surface area (Å²) in [7, 11) is 0. The zero-order chi connectivity index (χ0) is 24.1. The first kappa shape index (κ1) is 23.3. The normalized spacial score (nSPS) is 23.9. The van der Waals surface area contributed by atoms with E-state index in [9.17, 15) is 9.59 Å². The Morgan fingerprint density at radius 2 is 1.46 bits per heavy atom. The molecule has 3 aromatic carbocycles. The van der Waals surface area contributed by atoms with E-state index in [0.29, 0.717) is 18.9 Å². The van der Waals surface area contributed by atoms with Gasteiger partial charge in [-0.1, -0.05) is 78.9 Å². The van der Waals surface area contributed by atoms with Crippen molar-refractivity contribution in [1.82, 2.24) is 0 Å². The summed E-state index contributed by atoms with van der Waals surface area (Å²) in [5.74, 6) is 0.326. The molecule has 0 aromatic heterocycles. The Balaban J connectivity index is 1.28. The molecule has 3 aromatic rings. The Hall–Kier alpha value is -3.44. The van der Waals surface area contributed by atoms with Crippen LogP contribution in [-0.4, -0.2) is 54.6 Å². The van der Waals surface area contributed by atoms with Gasteiger partial charge in [-0.25, -0.2) is 4.79 Å². The highest BCUT2D eigenvalue weighted by Crippen LogP contribution is 2.36. The van der Waals surface area contributed by atoms with Crippen molar-refractivity contribution >= 4 is 17.4 Å². The lowest BCUT2D eigenvalue weighted by atomic mass is 9.82. The molecular weight excluding hydrogens is 436 g/mol. The second kappa shape index (κ2) is 10.4. The fourth-order valence-corrected chi connectivity index (χ4v) is 5.61. The minimum Gasteiger partial charge on any atom is -0.455 e. The van der Waals surface area contributed by atoms with Crippen molar-refractivity contribution in [2.24, 2.45) is 5.92 Å². The van der Waals surface area contributed by atoms with Gasteiger partial charge < -0.3 is 14.5 Å². The number of fused-ring (bicyclic) bond motifs is 3. The van der Waals surface area contributed by atoms with Crippen LogP contribution in [0, 0.1) is 5.92 Å². The first-order valence-corrected chi connectivity index (χ1v) is 12.6. The quantitative estimate of drug-likeness (QED) is 0.279. The lowest BCUT2D eigenvalue weighted by Gasteiger charge is -2.51. The standard InChI is InChI=1S/C30H33N2O3/c33-28(24-12-6-2-7-13-24)21-32-18-16-25(17-19-32)29(22-32)35-30(34)27(20-23-10-4-1-5-11-23)31-26-14-8-3-9-15-26/h1-15,25,27,29,31H,16-22H2/q+1/t25?,27-,29+,32?/m1/s1. The van der Waals surface area contributed by atoms with E-state index in [1.165, 1.54) is 0 Å². The maximum absolute atomic E-state index is 13.5. The molecule has 3 saturated heterocycles. The Labute approximate surface area is 207 Å². The number of hydrogen-bond donors (Lipinski definition) is 1. The summed E-state index contributed by atoms with van der Waals surface area (Å²) in [5.41, 5.74) is 2.75. The van der Waals surface area contributed by atoms with E-state index in [1.807, 2.05) is 91.0 Å². The topological polar surface area (TPSA) is 55.4 Å². The highest BCUT2D eigenvalue weighted by atomic mass is 16.5. The average Bonchev–Trinajstić information content (AvgIpc) is 2.90. The number of carbonyl (C=O) groups excluding carboxylic acids is 2. The van der Waals surface area contributed by atoms with E-state index >= 15 is 0 Å². The summed E-state index contributed by atoms with van der Waals surface area (Å²) in [6.45, 7) is 3.15. The van der Waals surface area contributed by atoms with Crippen molar-refractivity contribution < 1.29 is 18.8 Å². The molecule has 2 atom stereocenters. The van der Waals surface area contributed by atoms with Crippen LogP contribution >= 0.6 is 0 Å². The molecule has 0 unspecified atom stereocenters. The maximum atomic E-state index is 13.5. The van der Waals surface area contributed by atoms with Gasteiger partial charge in [0.05, 0.1) is 13.1 Å². The highest BCUT2D eigenvalue weighted by molar-refractivity contribution is 5.97. The number of quaternary nitrogens is 1. The summed E-state index contributed by atoms with van der Waals surface area (Å²) in [6, 6.07) is 28.9. The van der Waals surface area contributed by atoms with Crippen molar-refractivity contribution in [3.8, 4) is 0 Å². The van der Waals surface area contributed by atoms with Gasteiger partial charge in [0.25, 0.3) is 0 Å². The van der Waals surface area contributed by atoms with E-state index < -0.39 is 6.04 Å². The lowest BCUT2D eigenvalue weighted by Crippen LogP contribution is -2.66. The Kier molecular flexibility index (Phi) is 6.96. The third-order valence-electron chi connectivity index (χ3n) is 7.57. The van der Waals surface area contributed by atoms with Crippen LogP contribution in [0.15, 0.2) is 91.0 Å². The average molecular weight is 470 g/mol. The summed E-state index contributed by atoms with van der Waals surface area (Å²) < 4.78 is 6.94. The molecule has 3 aliphatic rings. The number of carbonyl (C=O) groups is 2. The molecule has 3 fully saturated rings. The molecule has 6 rings (SSSR count). The molecule has 3 heterocycles. The van der Waals surface area contributed by atoms with Gasteiger partial charge in [0.2, 0.25) is 5.78 Å². The zero-order valence-electron chi connectivity index (χ0n) is 20.0.